The van der Waals surface area contributed by atoms with Crippen molar-refractivity contribution in [3.05, 3.63) is 53.2 Å². The van der Waals surface area contributed by atoms with Gasteiger partial charge in [0.05, 0.1) is 5.56 Å². The van der Waals surface area contributed by atoms with Crippen LogP contribution in [0.15, 0.2) is 36.5 Å². The van der Waals surface area contributed by atoms with Crippen molar-refractivity contribution in [3.63, 3.8) is 0 Å². The number of amides is 1. The Bertz CT molecular complexity index is 889. The number of ether oxygens (including phenoxy) is 1. The van der Waals surface area contributed by atoms with Gasteiger partial charge in [0.1, 0.15) is 11.9 Å². The molecule has 116 valence electrons. The Morgan fingerprint density at radius 3 is 3.22 bits per heavy atom. The molecule has 7 nitrogen and oxygen atoms in total. The Morgan fingerprint density at radius 2 is 2.30 bits per heavy atom. The van der Waals surface area contributed by atoms with Gasteiger partial charge in [-0.05, 0) is 46.7 Å². The molecule has 4 rings (SSSR count). The molecule has 0 saturated carbocycles. The van der Waals surface area contributed by atoms with Gasteiger partial charge in [0, 0.05) is 19.2 Å². The second kappa shape index (κ2) is 5.35. The van der Waals surface area contributed by atoms with E-state index in [1.807, 2.05) is 12.1 Å². The van der Waals surface area contributed by atoms with Gasteiger partial charge in [-0.1, -0.05) is 12.1 Å². The first-order valence-electron chi connectivity index (χ1n) is 7.43. The molecule has 0 fully saturated rings. The zero-order valence-corrected chi connectivity index (χ0v) is 12.6. The third-order valence-corrected chi connectivity index (χ3v) is 3.87. The number of nitrogens with one attached hydrogen (secondary N) is 1. The van der Waals surface area contributed by atoms with Crippen LogP contribution in [0.25, 0.3) is 5.65 Å². The van der Waals surface area contributed by atoms with Crippen LogP contribution in [0.4, 0.5) is 0 Å². The van der Waals surface area contributed by atoms with Crippen LogP contribution in [0.2, 0.25) is 0 Å². The lowest BCUT2D eigenvalue weighted by molar-refractivity contribution is 0.0950. The third-order valence-electron chi connectivity index (χ3n) is 3.87. The summed E-state index contributed by atoms with van der Waals surface area (Å²) in [7, 11) is 0. The van der Waals surface area contributed by atoms with Crippen LogP contribution in [0.3, 0.4) is 0 Å². The van der Waals surface area contributed by atoms with E-state index in [1.54, 1.807) is 18.3 Å². The molecular formula is C16H15N5O2. The van der Waals surface area contributed by atoms with Gasteiger partial charge in [-0.15, -0.1) is 5.10 Å². The molecule has 0 aliphatic carbocycles. The normalized spacial score (nSPS) is 16.1. The van der Waals surface area contributed by atoms with E-state index in [2.05, 4.69) is 33.8 Å². The van der Waals surface area contributed by atoms with Gasteiger partial charge in [-0.25, -0.2) is 0 Å². The zero-order valence-electron chi connectivity index (χ0n) is 12.6. The number of nitrogens with zero attached hydrogens (tertiary/aromatic N) is 4. The molecule has 23 heavy (non-hydrogen) atoms. The van der Waals surface area contributed by atoms with E-state index >= 15 is 0 Å². The Labute approximate surface area is 132 Å². The van der Waals surface area contributed by atoms with E-state index in [9.17, 15) is 4.79 Å². The lowest BCUT2D eigenvalue weighted by Gasteiger charge is -2.07. The van der Waals surface area contributed by atoms with Gasteiger partial charge in [-0.3, -0.25) is 4.79 Å². The minimum absolute atomic E-state index is 0.160. The van der Waals surface area contributed by atoms with Crippen molar-refractivity contribution in [3.8, 4) is 5.75 Å². The van der Waals surface area contributed by atoms with Crippen molar-refractivity contribution >= 4 is 11.6 Å². The summed E-state index contributed by atoms with van der Waals surface area (Å²) in [5.41, 5.74) is 3.37. The topological polar surface area (TPSA) is 81.4 Å². The van der Waals surface area contributed by atoms with Gasteiger partial charge in [0.2, 0.25) is 0 Å². The number of pyridine rings is 1. The number of rotatable bonds is 3. The summed E-state index contributed by atoms with van der Waals surface area (Å²) in [4.78, 5) is 12.3. The molecule has 0 spiro atoms. The van der Waals surface area contributed by atoms with Crippen LogP contribution in [-0.2, 0) is 13.0 Å². The van der Waals surface area contributed by atoms with Crippen molar-refractivity contribution in [2.45, 2.75) is 26.0 Å². The molecule has 1 aliphatic rings. The van der Waals surface area contributed by atoms with Crippen LogP contribution in [0, 0.1) is 0 Å². The first kappa shape index (κ1) is 13.7. The quantitative estimate of drug-likeness (QED) is 0.790. The van der Waals surface area contributed by atoms with Crippen molar-refractivity contribution in [1.29, 1.82) is 0 Å². The molecule has 0 unspecified atom stereocenters. The van der Waals surface area contributed by atoms with E-state index in [4.69, 9.17) is 4.74 Å². The lowest BCUT2D eigenvalue weighted by atomic mass is 10.1. The Hall–Kier alpha value is -2.96. The number of carbonyl (C=O) groups is 1. The fraction of sp³-hybridized carbons (Fsp3) is 0.250. The molecule has 2 aromatic heterocycles. The van der Waals surface area contributed by atoms with Crippen molar-refractivity contribution < 1.29 is 9.53 Å². The number of hydrogen-bond acceptors (Lipinski definition) is 5. The van der Waals surface area contributed by atoms with Crippen molar-refractivity contribution in [1.82, 2.24) is 25.4 Å². The maximum atomic E-state index is 12.3. The highest BCUT2D eigenvalue weighted by atomic mass is 16.5. The minimum atomic E-state index is -0.160. The van der Waals surface area contributed by atoms with E-state index in [0.29, 0.717) is 17.8 Å². The van der Waals surface area contributed by atoms with Gasteiger partial charge >= 0.3 is 0 Å². The predicted molar refractivity (Wildman–Crippen MR) is 82.2 cm³/mol. The summed E-state index contributed by atoms with van der Waals surface area (Å²) in [6.07, 6.45) is 2.74. The Morgan fingerprint density at radius 1 is 1.39 bits per heavy atom. The largest absolute Gasteiger partial charge is 0.490 e. The standard InChI is InChI=1S/C16H15N5O2/c1-10-6-13-7-11(2-4-14(13)23-10)8-17-16(22)12-3-5-15-18-19-20-21(15)9-12/h2-5,7,9-10H,6,8H2,1H3,(H,17,22)/t10-/m0/s1. The number of tetrazole rings is 1. The maximum Gasteiger partial charge on any atom is 0.253 e. The number of aromatic nitrogens is 4. The molecule has 0 bridgehead atoms. The Balaban J connectivity index is 1.46. The molecular weight excluding hydrogens is 294 g/mol. The van der Waals surface area contributed by atoms with Crippen LogP contribution >= 0.6 is 0 Å². The zero-order chi connectivity index (χ0) is 15.8. The Kier molecular flexibility index (Phi) is 3.18. The molecule has 1 aromatic carbocycles. The highest BCUT2D eigenvalue weighted by Gasteiger charge is 2.19. The fourth-order valence-corrected chi connectivity index (χ4v) is 2.75. The van der Waals surface area contributed by atoms with Gasteiger partial charge in [-0.2, -0.15) is 4.52 Å². The summed E-state index contributed by atoms with van der Waals surface area (Å²) < 4.78 is 7.16. The lowest BCUT2D eigenvalue weighted by Crippen LogP contribution is -2.23. The molecule has 1 aliphatic heterocycles. The van der Waals surface area contributed by atoms with Crippen LogP contribution in [0.1, 0.15) is 28.4 Å². The van der Waals surface area contributed by atoms with Crippen molar-refractivity contribution in [2.24, 2.45) is 0 Å². The fourth-order valence-electron chi connectivity index (χ4n) is 2.75. The molecule has 3 heterocycles. The average Bonchev–Trinajstić information content (AvgIpc) is 3.16. The number of benzene rings is 1. The number of hydrogen-bond donors (Lipinski definition) is 1. The molecule has 1 amide bonds. The molecule has 1 N–H and O–H groups in total. The molecule has 7 heteroatoms. The van der Waals surface area contributed by atoms with Crippen LogP contribution < -0.4 is 10.1 Å². The molecule has 0 saturated heterocycles. The first-order valence-corrected chi connectivity index (χ1v) is 7.43. The second-order valence-electron chi connectivity index (χ2n) is 5.66. The summed E-state index contributed by atoms with van der Waals surface area (Å²) >= 11 is 0. The summed E-state index contributed by atoms with van der Waals surface area (Å²) in [6, 6.07) is 9.45. The van der Waals surface area contributed by atoms with E-state index in [-0.39, 0.29) is 12.0 Å². The van der Waals surface area contributed by atoms with E-state index in [1.165, 1.54) is 10.1 Å². The van der Waals surface area contributed by atoms with Gasteiger partial charge in [0.15, 0.2) is 5.65 Å². The number of fused-ring (bicyclic) bond motifs is 2. The van der Waals surface area contributed by atoms with Gasteiger partial charge in [0.25, 0.3) is 5.91 Å². The van der Waals surface area contributed by atoms with Crippen LogP contribution in [-0.4, -0.2) is 32.1 Å². The summed E-state index contributed by atoms with van der Waals surface area (Å²) in [5, 5.41) is 14.1. The average molecular weight is 309 g/mol. The van der Waals surface area contributed by atoms with E-state index < -0.39 is 0 Å². The first-order chi connectivity index (χ1) is 11.2. The monoisotopic (exact) mass is 309 g/mol. The van der Waals surface area contributed by atoms with Crippen LogP contribution in [0.5, 0.6) is 5.75 Å². The highest BCUT2D eigenvalue weighted by Crippen LogP contribution is 2.29. The smallest absolute Gasteiger partial charge is 0.253 e. The SMILES string of the molecule is C[C@H]1Cc2cc(CNC(=O)c3ccc4nnnn4c3)ccc2O1. The molecule has 0 radical (unpaired) electrons. The molecule has 3 aromatic rings. The maximum absolute atomic E-state index is 12.3. The van der Waals surface area contributed by atoms with Crippen molar-refractivity contribution in [2.75, 3.05) is 0 Å². The minimum Gasteiger partial charge on any atom is -0.490 e. The number of carbonyl (C=O) groups excluding carboxylic acids is 1. The third kappa shape index (κ3) is 2.61. The predicted octanol–water partition coefficient (Wildman–Crippen LogP) is 1.38. The summed E-state index contributed by atoms with van der Waals surface area (Å²) in [6.45, 7) is 2.52. The van der Waals surface area contributed by atoms with Gasteiger partial charge < -0.3 is 10.1 Å². The molecule has 1 atom stereocenters. The summed E-state index contributed by atoms with van der Waals surface area (Å²) in [5.74, 6) is 0.782. The second-order valence-corrected chi connectivity index (χ2v) is 5.66. The van der Waals surface area contributed by atoms with E-state index in [0.717, 1.165) is 17.7 Å². The highest BCUT2D eigenvalue weighted by molar-refractivity contribution is 5.94.